The molecule has 0 fully saturated rings. The van der Waals surface area contributed by atoms with Crippen molar-refractivity contribution in [2.24, 2.45) is 5.41 Å². The quantitative estimate of drug-likeness (QED) is 0.803. The number of carbonyl (C=O) groups is 1. The van der Waals surface area contributed by atoms with Crippen molar-refractivity contribution in [2.45, 2.75) is 33.1 Å². The molecule has 0 aliphatic rings. The zero-order chi connectivity index (χ0) is 13.8. The zero-order valence-corrected chi connectivity index (χ0v) is 12.1. The summed E-state index contributed by atoms with van der Waals surface area (Å²) in [6, 6.07) is 5.78. The summed E-state index contributed by atoms with van der Waals surface area (Å²) in [6.45, 7) is 6.81. The monoisotopic (exact) mass is 248 g/mol. The van der Waals surface area contributed by atoms with Crippen LogP contribution in [0.5, 0.6) is 0 Å². The summed E-state index contributed by atoms with van der Waals surface area (Å²) >= 11 is 0. The molecule has 1 rings (SSSR count). The lowest BCUT2D eigenvalue weighted by atomic mass is 9.80. The van der Waals surface area contributed by atoms with Crippen LogP contribution < -0.4 is 0 Å². The number of hydrogen-bond acceptors (Lipinski definition) is 3. The number of hydrogen-bond donors (Lipinski definition) is 0. The molecule has 1 atom stereocenters. The lowest BCUT2D eigenvalue weighted by Gasteiger charge is -2.25. The second-order valence-electron chi connectivity index (χ2n) is 6.01. The molecule has 3 nitrogen and oxygen atoms in total. The number of carbonyl (C=O) groups excluding carboxylic acids is 1. The molecule has 0 saturated carbocycles. The van der Waals surface area contributed by atoms with Crippen molar-refractivity contribution in [3.8, 4) is 0 Å². The molecule has 100 valence electrons. The first kappa shape index (κ1) is 14.8. The van der Waals surface area contributed by atoms with Gasteiger partial charge in [-0.05, 0) is 39.2 Å². The number of pyridine rings is 1. The Balaban J connectivity index is 2.92. The van der Waals surface area contributed by atoms with Gasteiger partial charge in [0.15, 0.2) is 0 Å². The second-order valence-corrected chi connectivity index (χ2v) is 6.01. The van der Waals surface area contributed by atoms with Gasteiger partial charge in [-0.2, -0.15) is 0 Å². The number of rotatable bonds is 5. The van der Waals surface area contributed by atoms with Crippen LogP contribution in [0.3, 0.4) is 0 Å². The zero-order valence-electron chi connectivity index (χ0n) is 12.1. The maximum Gasteiger partial charge on any atom is 0.147 e. The maximum atomic E-state index is 12.5. The van der Waals surface area contributed by atoms with Gasteiger partial charge in [-0.15, -0.1) is 0 Å². The number of nitrogens with zero attached hydrogens (tertiary/aromatic N) is 2. The highest BCUT2D eigenvalue weighted by Crippen LogP contribution is 2.28. The fourth-order valence-electron chi connectivity index (χ4n) is 1.91. The van der Waals surface area contributed by atoms with Gasteiger partial charge in [-0.1, -0.05) is 26.8 Å². The molecule has 1 heterocycles. The Kier molecular flexibility index (Phi) is 5.03. The minimum absolute atomic E-state index is 0.103. The van der Waals surface area contributed by atoms with Crippen LogP contribution in [0.2, 0.25) is 0 Å². The Hall–Kier alpha value is -1.22. The van der Waals surface area contributed by atoms with Crippen molar-refractivity contribution >= 4 is 5.78 Å². The summed E-state index contributed by atoms with van der Waals surface area (Å²) in [7, 11) is 4.05. The van der Waals surface area contributed by atoms with Gasteiger partial charge in [0.25, 0.3) is 0 Å². The summed E-state index contributed by atoms with van der Waals surface area (Å²) in [5, 5.41) is 0. The highest BCUT2D eigenvalue weighted by molar-refractivity contribution is 5.89. The molecule has 0 amide bonds. The van der Waals surface area contributed by atoms with E-state index in [2.05, 4.69) is 9.88 Å². The molecule has 0 radical (unpaired) electrons. The minimum Gasteiger partial charge on any atom is -0.309 e. The summed E-state index contributed by atoms with van der Waals surface area (Å²) in [5.41, 5.74) is 0.563. The molecule has 1 unspecified atom stereocenters. The standard InChI is InChI=1S/C15H24N2O/c1-15(2,3)14(18)12(9-11-17(4)5)13-8-6-7-10-16-13/h6-8,10,12H,9,11H2,1-5H3. The van der Waals surface area contributed by atoms with Crippen LogP contribution in [0.15, 0.2) is 24.4 Å². The number of ketones is 1. The van der Waals surface area contributed by atoms with Crippen molar-refractivity contribution in [3.05, 3.63) is 30.1 Å². The van der Waals surface area contributed by atoms with Gasteiger partial charge in [-0.3, -0.25) is 9.78 Å². The molecular formula is C15H24N2O. The molecule has 3 heteroatoms. The van der Waals surface area contributed by atoms with E-state index in [1.54, 1.807) is 6.20 Å². The fraction of sp³-hybridized carbons (Fsp3) is 0.600. The Bertz CT molecular complexity index is 379. The van der Waals surface area contributed by atoms with Crippen molar-refractivity contribution in [2.75, 3.05) is 20.6 Å². The highest BCUT2D eigenvalue weighted by Gasteiger charge is 2.31. The van der Waals surface area contributed by atoms with Crippen molar-refractivity contribution in [1.82, 2.24) is 9.88 Å². The van der Waals surface area contributed by atoms with E-state index < -0.39 is 0 Å². The van der Waals surface area contributed by atoms with Crippen LogP contribution >= 0.6 is 0 Å². The molecule has 0 N–H and O–H groups in total. The molecule has 1 aromatic heterocycles. The van der Waals surface area contributed by atoms with E-state index >= 15 is 0 Å². The molecule has 0 aromatic carbocycles. The average Bonchev–Trinajstić information content (AvgIpc) is 2.29. The van der Waals surface area contributed by atoms with Gasteiger partial charge in [0.05, 0.1) is 11.6 Å². The van der Waals surface area contributed by atoms with Crippen LogP contribution in [-0.2, 0) is 4.79 Å². The normalized spacial score (nSPS) is 13.7. The molecule has 18 heavy (non-hydrogen) atoms. The Morgan fingerprint density at radius 1 is 1.33 bits per heavy atom. The first-order valence-electron chi connectivity index (χ1n) is 6.42. The lowest BCUT2D eigenvalue weighted by Crippen LogP contribution is -2.29. The Morgan fingerprint density at radius 3 is 2.44 bits per heavy atom. The first-order valence-corrected chi connectivity index (χ1v) is 6.42. The van der Waals surface area contributed by atoms with Crippen LogP contribution in [0.25, 0.3) is 0 Å². The van der Waals surface area contributed by atoms with Crippen LogP contribution in [-0.4, -0.2) is 36.3 Å². The molecular weight excluding hydrogens is 224 g/mol. The van der Waals surface area contributed by atoms with E-state index in [1.165, 1.54) is 0 Å². The van der Waals surface area contributed by atoms with Gasteiger partial charge in [-0.25, -0.2) is 0 Å². The van der Waals surface area contributed by atoms with Gasteiger partial charge in [0.1, 0.15) is 5.78 Å². The predicted molar refractivity (Wildman–Crippen MR) is 74.6 cm³/mol. The maximum absolute atomic E-state index is 12.5. The molecule has 0 saturated heterocycles. The topological polar surface area (TPSA) is 33.2 Å². The van der Waals surface area contributed by atoms with Gasteiger partial charge in [0, 0.05) is 11.6 Å². The number of Topliss-reactive ketones (excluding diaryl/α,β-unsaturated/α-hetero) is 1. The molecule has 0 spiro atoms. The van der Waals surface area contributed by atoms with Gasteiger partial charge in [0.2, 0.25) is 0 Å². The lowest BCUT2D eigenvalue weighted by molar-refractivity contribution is -0.128. The third-order valence-corrected chi connectivity index (χ3v) is 2.97. The predicted octanol–water partition coefficient (Wildman–Crippen LogP) is 2.73. The van der Waals surface area contributed by atoms with E-state index in [4.69, 9.17) is 0 Å². The Morgan fingerprint density at radius 2 is 2.00 bits per heavy atom. The molecule has 1 aromatic rings. The van der Waals surface area contributed by atoms with Gasteiger partial charge < -0.3 is 4.90 Å². The van der Waals surface area contributed by atoms with E-state index in [9.17, 15) is 4.79 Å². The van der Waals surface area contributed by atoms with E-state index in [-0.39, 0.29) is 17.1 Å². The van der Waals surface area contributed by atoms with Crippen molar-refractivity contribution in [3.63, 3.8) is 0 Å². The minimum atomic E-state index is -0.325. The fourth-order valence-corrected chi connectivity index (χ4v) is 1.91. The summed E-state index contributed by atoms with van der Waals surface area (Å²) in [6.07, 6.45) is 2.58. The van der Waals surface area contributed by atoms with Crippen molar-refractivity contribution < 1.29 is 4.79 Å². The highest BCUT2D eigenvalue weighted by atomic mass is 16.1. The smallest absolute Gasteiger partial charge is 0.147 e. The molecule has 0 aliphatic carbocycles. The Labute approximate surface area is 110 Å². The van der Waals surface area contributed by atoms with Crippen LogP contribution in [0.1, 0.15) is 38.8 Å². The number of aromatic nitrogens is 1. The van der Waals surface area contributed by atoms with E-state index in [0.29, 0.717) is 0 Å². The molecule has 0 aliphatic heterocycles. The third-order valence-electron chi connectivity index (χ3n) is 2.97. The van der Waals surface area contributed by atoms with Gasteiger partial charge >= 0.3 is 0 Å². The van der Waals surface area contributed by atoms with Crippen LogP contribution in [0, 0.1) is 5.41 Å². The largest absolute Gasteiger partial charge is 0.309 e. The SMILES string of the molecule is CN(C)CCC(C(=O)C(C)(C)C)c1ccccn1. The summed E-state index contributed by atoms with van der Waals surface area (Å²) in [4.78, 5) is 19.0. The van der Waals surface area contributed by atoms with E-state index in [1.807, 2.05) is 53.1 Å². The summed E-state index contributed by atoms with van der Waals surface area (Å²) < 4.78 is 0. The van der Waals surface area contributed by atoms with E-state index in [0.717, 1.165) is 18.7 Å². The van der Waals surface area contributed by atoms with Crippen molar-refractivity contribution in [1.29, 1.82) is 0 Å². The second kappa shape index (κ2) is 6.10. The first-order chi connectivity index (χ1) is 8.32. The summed E-state index contributed by atoms with van der Waals surface area (Å²) in [5.74, 6) is 0.164. The average molecular weight is 248 g/mol. The third kappa shape index (κ3) is 4.22. The molecule has 0 bridgehead atoms. The van der Waals surface area contributed by atoms with Crippen LogP contribution in [0.4, 0.5) is 0 Å².